The number of benzene rings is 1. The number of hydrogen-bond acceptors (Lipinski definition) is 4. The fourth-order valence-electron chi connectivity index (χ4n) is 1.39. The summed E-state index contributed by atoms with van der Waals surface area (Å²) in [6.45, 7) is 1.77. The molecule has 94 valence electrons. The molecule has 1 unspecified atom stereocenters. The van der Waals surface area contributed by atoms with Gasteiger partial charge in [-0.3, -0.25) is 4.79 Å². The Morgan fingerprint density at radius 1 is 1.47 bits per heavy atom. The molecule has 0 heterocycles. The number of carbonyl (C=O) groups excluding carboxylic acids is 1. The Hall–Kier alpha value is -1.78. The van der Waals surface area contributed by atoms with Gasteiger partial charge in [0.2, 0.25) is 0 Å². The van der Waals surface area contributed by atoms with Gasteiger partial charge in [-0.25, -0.2) is 4.39 Å². The van der Waals surface area contributed by atoms with Crippen LogP contribution in [-0.4, -0.2) is 26.2 Å². The van der Waals surface area contributed by atoms with Gasteiger partial charge in [0.15, 0.2) is 0 Å². The highest BCUT2D eigenvalue weighted by molar-refractivity contribution is 5.70. The van der Waals surface area contributed by atoms with Crippen molar-refractivity contribution in [2.75, 3.05) is 19.5 Å². The van der Waals surface area contributed by atoms with E-state index in [0.29, 0.717) is 11.4 Å². The molecule has 0 saturated carbocycles. The Labute approximate surface area is 99.7 Å². The summed E-state index contributed by atoms with van der Waals surface area (Å²) < 4.78 is 23.0. The first-order valence-corrected chi connectivity index (χ1v) is 5.23. The van der Waals surface area contributed by atoms with Crippen molar-refractivity contribution in [3.05, 3.63) is 24.0 Å². The second-order valence-corrected chi connectivity index (χ2v) is 3.67. The highest BCUT2D eigenvalue weighted by atomic mass is 19.1. The highest BCUT2D eigenvalue weighted by Gasteiger charge is 2.11. The van der Waals surface area contributed by atoms with Crippen LogP contribution >= 0.6 is 0 Å². The van der Waals surface area contributed by atoms with E-state index < -0.39 is 0 Å². The Bertz CT molecular complexity index is 395. The first kappa shape index (κ1) is 13.3. The number of hydrogen-bond donors (Lipinski definition) is 1. The van der Waals surface area contributed by atoms with Crippen LogP contribution in [0.25, 0.3) is 0 Å². The van der Waals surface area contributed by atoms with Gasteiger partial charge in [-0.1, -0.05) is 0 Å². The third-order valence-electron chi connectivity index (χ3n) is 2.28. The van der Waals surface area contributed by atoms with Gasteiger partial charge in [-0.05, 0) is 19.1 Å². The van der Waals surface area contributed by atoms with Crippen LogP contribution in [0, 0.1) is 5.82 Å². The lowest BCUT2D eigenvalue weighted by Crippen LogP contribution is -2.20. The molecule has 0 amide bonds. The summed E-state index contributed by atoms with van der Waals surface area (Å²) in [5.74, 6) is -0.171. The molecular formula is C12H16FNO3. The van der Waals surface area contributed by atoms with E-state index in [1.807, 2.05) is 0 Å². The van der Waals surface area contributed by atoms with Gasteiger partial charge >= 0.3 is 5.97 Å². The van der Waals surface area contributed by atoms with Crippen LogP contribution in [0.4, 0.5) is 10.1 Å². The normalized spacial score (nSPS) is 11.8. The predicted octanol–water partition coefficient (Wildman–Crippen LogP) is 2.20. The van der Waals surface area contributed by atoms with E-state index >= 15 is 0 Å². The molecule has 1 atom stereocenters. The van der Waals surface area contributed by atoms with E-state index in [-0.39, 0.29) is 24.2 Å². The summed E-state index contributed by atoms with van der Waals surface area (Å²) >= 11 is 0. The van der Waals surface area contributed by atoms with Crippen molar-refractivity contribution in [3.63, 3.8) is 0 Å². The van der Waals surface area contributed by atoms with Gasteiger partial charge in [-0.15, -0.1) is 0 Å². The summed E-state index contributed by atoms with van der Waals surface area (Å²) in [6.07, 6.45) is 0.174. The third-order valence-corrected chi connectivity index (χ3v) is 2.28. The molecule has 0 aliphatic rings. The van der Waals surface area contributed by atoms with E-state index in [4.69, 9.17) is 4.74 Å². The number of anilines is 1. The number of halogens is 1. The smallest absolute Gasteiger partial charge is 0.307 e. The molecule has 0 aliphatic carbocycles. The predicted molar refractivity (Wildman–Crippen MR) is 62.7 cm³/mol. The van der Waals surface area contributed by atoms with Crippen molar-refractivity contribution in [2.24, 2.45) is 0 Å². The molecule has 0 fully saturated rings. The largest absolute Gasteiger partial charge is 0.497 e. The van der Waals surface area contributed by atoms with Gasteiger partial charge in [-0.2, -0.15) is 0 Å². The fourth-order valence-corrected chi connectivity index (χ4v) is 1.39. The van der Waals surface area contributed by atoms with Crippen LogP contribution in [0.15, 0.2) is 18.2 Å². The van der Waals surface area contributed by atoms with Crippen molar-refractivity contribution < 1.29 is 18.7 Å². The average molecular weight is 241 g/mol. The first-order chi connectivity index (χ1) is 8.06. The molecule has 0 saturated heterocycles. The summed E-state index contributed by atoms with van der Waals surface area (Å²) in [7, 11) is 2.83. The van der Waals surface area contributed by atoms with Crippen molar-refractivity contribution in [1.82, 2.24) is 0 Å². The van der Waals surface area contributed by atoms with Crippen molar-refractivity contribution in [1.29, 1.82) is 0 Å². The minimum absolute atomic E-state index is 0.174. The van der Waals surface area contributed by atoms with E-state index in [1.54, 1.807) is 13.0 Å². The van der Waals surface area contributed by atoms with Crippen molar-refractivity contribution in [3.8, 4) is 5.75 Å². The second-order valence-electron chi connectivity index (χ2n) is 3.67. The molecule has 0 spiro atoms. The zero-order valence-electron chi connectivity index (χ0n) is 10.1. The van der Waals surface area contributed by atoms with Gasteiger partial charge in [0.25, 0.3) is 0 Å². The Morgan fingerprint density at radius 3 is 2.76 bits per heavy atom. The van der Waals surface area contributed by atoms with E-state index in [1.165, 1.54) is 26.4 Å². The Balaban J connectivity index is 2.70. The standard InChI is InChI=1S/C12H16FNO3/c1-8(6-12(15)17-3)14-11-7-9(16-2)4-5-10(11)13/h4-5,7-8,14H,6H2,1-3H3. The summed E-state index contributed by atoms with van der Waals surface area (Å²) in [5, 5.41) is 2.89. The zero-order valence-corrected chi connectivity index (χ0v) is 10.1. The van der Waals surface area contributed by atoms with Gasteiger partial charge < -0.3 is 14.8 Å². The molecule has 0 radical (unpaired) electrons. The fraction of sp³-hybridized carbons (Fsp3) is 0.417. The van der Waals surface area contributed by atoms with E-state index in [2.05, 4.69) is 10.1 Å². The van der Waals surface area contributed by atoms with Crippen LogP contribution in [0.2, 0.25) is 0 Å². The summed E-state index contributed by atoms with van der Waals surface area (Å²) in [5.41, 5.74) is 0.306. The third kappa shape index (κ3) is 3.94. The van der Waals surface area contributed by atoms with Crippen LogP contribution < -0.4 is 10.1 Å². The van der Waals surface area contributed by atoms with E-state index in [9.17, 15) is 9.18 Å². The van der Waals surface area contributed by atoms with Crippen LogP contribution in [-0.2, 0) is 9.53 Å². The summed E-state index contributed by atoms with van der Waals surface area (Å²) in [4.78, 5) is 11.0. The van der Waals surface area contributed by atoms with Gasteiger partial charge in [0.05, 0.1) is 26.3 Å². The van der Waals surface area contributed by atoms with Crippen LogP contribution in [0.3, 0.4) is 0 Å². The minimum Gasteiger partial charge on any atom is -0.497 e. The monoisotopic (exact) mass is 241 g/mol. The number of nitrogens with one attached hydrogen (secondary N) is 1. The molecule has 0 aromatic heterocycles. The van der Waals surface area contributed by atoms with E-state index in [0.717, 1.165) is 0 Å². The molecule has 1 N–H and O–H groups in total. The lowest BCUT2D eigenvalue weighted by Gasteiger charge is -2.15. The Kier molecular flexibility index (Phi) is 4.75. The topological polar surface area (TPSA) is 47.6 Å². The molecule has 0 bridgehead atoms. The van der Waals surface area contributed by atoms with Crippen molar-refractivity contribution >= 4 is 11.7 Å². The van der Waals surface area contributed by atoms with Gasteiger partial charge in [0, 0.05) is 12.1 Å². The molecule has 1 aromatic carbocycles. The molecule has 4 nitrogen and oxygen atoms in total. The van der Waals surface area contributed by atoms with Crippen LogP contribution in [0.5, 0.6) is 5.75 Å². The quantitative estimate of drug-likeness (QED) is 0.803. The molecule has 0 aliphatic heterocycles. The zero-order chi connectivity index (χ0) is 12.8. The number of carbonyl (C=O) groups is 1. The first-order valence-electron chi connectivity index (χ1n) is 5.23. The lowest BCUT2D eigenvalue weighted by molar-refractivity contribution is -0.140. The molecule has 5 heteroatoms. The molecular weight excluding hydrogens is 225 g/mol. The maximum atomic E-state index is 13.5. The summed E-state index contributed by atoms with van der Waals surface area (Å²) in [6, 6.07) is 4.17. The SMILES string of the molecule is COC(=O)CC(C)Nc1cc(OC)ccc1F. The number of esters is 1. The second kappa shape index (κ2) is 6.08. The highest BCUT2D eigenvalue weighted by Crippen LogP contribution is 2.22. The van der Waals surface area contributed by atoms with Crippen molar-refractivity contribution in [2.45, 2.75) is 19.4 Å². The number of methoxy groups -OCH3 is 2. The Morgan fingerprint density at radius 2 is 2.18 bits per heavy atom. The lowest BCUT2D eigenvalue weighted by atomic mass is 10.2. The molecule has 1 aromatic rings. The molecule has 17 heavy (non-hydrogen) atoms. The maximum Gasteiger partial charge on any atom is 0.307 e. The molecule has 1 rings (SSSR count). The maximum absolute atomic E-state index is 13.5. The number of ether oxygens (including phenoxy) is 2. The van der Waals surface area contributed by atoms with Crippen LogP contribution in [0.1, 0.15) is 13.3 Å². The number of rotatable bonds is 5. The minimum atomic E-state index is -0.387. The average Bonchev–Trinajstić information content (AvgIpc) is 2.31. The van der Waals surface area contributed by atoms with Gasteiger partial charge in [0.1, 0.15) is 11.6 Å².